The second-order valence-corrected chi connectivity index (χ2v) is 8.43. The number of likely N-dealkylation sites (tertiary alicyclic amines) is 1. The fourth-order valence-corrected chi connectivity index (χ4v) is 4.32. The highest BCUT2D eigenvalue weighted by Gasteiger charge is 2.46. The van der Waals surface area contributed by atoms with Gasteiger partial charge in [0.1, 0.15) is 5.76 Å². The van der Waals surface area contributed by atoms with E-state index < -0.39 is 23.7 Å². The van der Waals surface area contributed by atoms with Gasteiger partial charge in [0.2, 0.25) is 0 Å². The second kappa shape index (κ2) is 10.2. The number of carbonyl (C=O) groups excluding carboxylic acids is 3. The lowest BCUT2D eigenvalue weighted by Crippen LogP contribution is -2.42. The first kappa shape index (κ1) is 23.7. The number of aliphatic hydroxyl groups excluding tert-OH is 1. The number of ether oxygens (including phenoxy) is 2. The van der Waals surface area contributed by atoms with Crippen LogP contribution in [0.15, 0.2) is 54.1 Å². The van der Waals surface area contributed by atoms with Gasteiger partial charge in [-0.25, -0.2) is 4.79 Å². The number of hydrogen-bond donors (Lipinski definition) is 1. The van der Waals surface area contributed by atoms with Crippen molar-refractivity contribution < 1.29 is 29.0 Å². The Morgan fingerprint density at radius 1 is 1.00 bits per heavy atom. The number of esters is 1. The summed E-state index contributed by atoms with van der Waals surface area (Å²) in [6.07, 6.45) is 0. The lowest BCUT2D eigenvalue weighted by molar-refractivity contribution is -0.140. The predicted octanol–water partition coefficient (Wildman–Crippen LogP) is 2.54. The highest BCUT2D eigenvalue weighted by atomic mass is 16.5. The van der Waals surface area contributed by atoms with Crippen molar-refractivity contribution in [2.75, 3.05) is 46.5 Å². The maximum Gasteiger partial charge on any atom is 0.337 e. The molecule has 0 radical (unpaired) electrons. The monoisotopic (exact) mass is 464 g/mol. The highest BCUT2D eigenvalue weighted by Crippen LogP contribution is 2.39. The standard InChI is InChI=1S/C26H28N2O6/c1-17-3-5-19(6-4-17)23(29)21-22(18-7-9-20(10-8-18)26(32)33-2)28(25(31)24(21)30)12-11-27-13-15-34-16-14-27/h3-10,22,29H,11-16H2,1-2H3/b23-21+/t22-/m1/s1. The smallest absolute Gasteiger partial charge is 0.337 e. The maximum atomic E-state index is 13.1. The number of benzene rings is 2. The van der Waals surface area contributed by atoms with Gasteiger partial charge in [0.15, 0.2) is 0 Å². The molecule has 2 saturated heterocycles. The first-order valence-corrected chi connectivity index (χ1v) is 11.2. The van der Waals surface area contributed by atoms with Crippen LogP contribution < -0.4 is 0 Å². The van der Waals surface area contributed by atoms with Crippen LogP contribution >= 0.6 is 0 Å². The van der Waals surface area contributed by atoms with Crippen molar-refractivity contribution in [2.45, 2.75) is 13.0 Å². The largest absolute Gasteiger partial charge is 0.507 e. The molecular formula is C26H28N2O6. The van der Waals surface area contributed by atoms with Gasteiger partial charge in [-0.1, -0.05) is 42.0 Å². The molecule has 178 valence electrons. The van der Waals surface area contributed by atoms with Gasteiger partial charge in [0, 0.05) is 31.7 Å². The average molecular weight is 465 g/mol. The first-order valence-electron chi connectivity index (χ1n) is 11.2. The molecule has 8 heteroatoms. The Morgan fingerprint density at radius 3 is 2.24 bits per heavy atom. The molecule has 2 aliphatic heterocycles. The van der Waals surface area contributed by atoms with Gasteiger partial charge >= 0.3 is 5.97 Å². The van der Waals surface area contributed by atoms with E-state index in [0.717, 1.165) is 18.7 Å². The summed E-state index contributed by atoms with van der Waals surface area (Å²) < 4.78 is 10.2. The number of aliphatic hydroxyl groups is 1. The Bertz CT molecular complexity index is 1100. The van der Waals surface area contributed by atoms with Crippen LogP contribution in [0.3, 0.4) is 0 Å². The molecular weight excluding hydrogens is 436 g/mol. The molecule has 0 unspecified atom stereocenters. The van der Waals surface area contributed by atoms with Gasteiger partial charge in [0.05, 0.1) is 37.5 Å². The average Bonchev–Trinajstić information content (AvgIpc) is 3.12. The lowest BCUT2D eigenvalue weighted by atomic mass is 9.94. The highest BCUT2D eigenvalue weighted by molar-refractivity contribution is 6.46. The number of aryl methyl sites for hydroxylation is 1. The quantitative estimate of drug-likeness (QED) is 0.304. The first-order chi connectivity index (χ1) is 16.4. The van der Waals surface area contributed by atoms with Crippen LogP contribution in [0.25, 0.3) is 5.76 Å². The molecule has 2 heterocycles. The number of Topliss-reactive ketones (excluding diaryl/α,β-unsaturated/α-hetero) is 1. The SMILES string of the molecule is COC(=O)c1ccc([C@@H]2/C(=C(\O)c3ccc(C)cc3)C(=O)C(=O)N2CCN2CCOCC2)cc1. The molecule has 2 aromatic carbocycles. The molecule has 0 spiro atoms. The van der Waals surface area contributed by atoms with Crippen LogP contribution in [-0.4, -0.2) is 79.1 Å². The van der Waals surface area contributed by atoms with Crippen molar-refractivity contribution in [1.29, 1.82) is 0 Å². The Labute approximate surface area is 198 Å². The molecule has 1 atom stereocenters. The summed E-state index contributed by atoms with van der Waals surface area (Å²) >= 11 is 0. The number of hydrogen-bond acceptors (Lipinski definition) is 7. The van der Waals surface area contributed by atoms with Crippen molar-refractivity contribution in [3.63, 3.8) is 0 Å². The Kier molecular flexibility index (Phi) is 7.09. The van der Waals surface area contributed by atoms with Crippen LogP contribution in [0, 0.1) is 6.92 Å². The van der Waals surface area contributed by atoms with Crippen molar-refractivity contribution in [3.8, 4) is 0 Å². The van der Waals surface area contributed by atoms with E-state index in [1.165, 1.54) is 12.0 Å². The third kappa shape index (κ3) is 4.73. The van der Waals surface area contributed by atoms with E-state index >= 15 is 0 Å². The van der Waals surface area contributed by atoms with Crippen LogP contribution in [0.5, 0.6) is 0 Å². The number of methoxy groups -OCH3 is 1. The molecule has 2 aliphatic rings. The Morgan fingerprint density at radius 2 is 1.62 bits per heavy atom. The lowest BCUT2D eigenvalue weighted by Gasteiger charge is -2.31. The summed E-state index contributed by atoms with van der Waals surface area (Å²) in [6, 6.07) is 12.9. The number of carbonyl (C=O) groups is 3. The number of rotatable bonds is 6. The minimum atomic E-state index is -0.769. The molecule has 2 aromatic rings. The minimum Gasteiger partial charge on any atom is -0.507 e. The van der Waals surface area contributed by atoms with Crippen LogP contribution in [0.4, 0.5) is 0 Å². The second-order valence-electron chi connectivity index (χ2n) is 8.43. The zero-order chi connectivity index (χ0) is 24.2. The number of nitrogens with zero attached hydrogens (tertiary/aromatic N) is 2. The summed E-state index contributed by atoms with van der Waals surface area (Å²) in [6.45, 7) is 5.60. The summed E-state index contributed by atoms with van der Waals surface area (Å²) in [7, 11) is 1.30. The predicted molar refractivity (Wildman–Crippen MR) is 125 cm³/mol. The number of amides is 1. The van der Waals surface area contributed by atoms with E-state index in [1.807, 2.05) is 19.1 Å². The zero-order valence-corrected chi connectivity index (χ0v) is 19.3. The van der Waals surface area contributed by atoms with Gasteiger partial charge in [-0.15, -0.1) is 0 Å². The van der Waals surface area contributed by atoms with Gasteiger partial charge in [-0.3, -0.25) is 14.5 Å². The normalized spacial score (nSPS) is 20.5. The van der Waals surface area contributed by atoms with Crippen LogP contribution in [0.2, 0.25) is 0 Å². The third-order valence-electron chi connectivity index (χ3n) is 6.27. The van der Waals surface area contributed by atoms with Crippen LogP contribution in [-0.2, 0) is 19.1 Å². The molecule has 1 amide bonds. The van der Waals surface area contributed by atoms with E-state index in [1.54, 1.807) is 36.4 Å². The topological polar surface area (TPSA) is 96.4 Å². The molecule has 0 bridgehead atoms. The van der Waals surface area contributed by atoms with Gasteiger partial charge < -0.3 is 19.5 Å². The fourth-order valence-electron chi connectivity index (χ4n) is 4.32. The van der Waals surface area contributed by atoms with E-state index in [4.69, 9.17) is 9.47 Å². The van der Waals surface area contributed by atoms with Crippen molar-refractivity contribution in [2.24, 2.45) is 0 Å². The van der Waals surface area contributed by atoms with E-state index in [2.05, 4.69) is 4.90 Å². The van der Waals surface area contributed by atoms with Crippen molar-refractivity contribution in [3.05, 3.63) is 76.4 Å². The molecule has 0 saturated carbocycles. The molecule has 0 aromatic heterocycles. The minimum absolute atomic E-state index is 0.0432. The molecule has 1 N–H and O–H groups in total. The van der Waals surface area contributed by atoms with Gasteiger partial charge in [-0.2, -0.15) is 0 Å². The molecule has 4 rings (SSSR count). The van der Waals surface area contributed by atoms with E-state index in [-0.39, 0.29) is 11.3 Å². The van der Waals surface area contributed by atoms with Crippen molar-refractivity contribution >= 4 is 23.4 Å². The summed E-state index contributed by atoms with van der Waals surface area (Å²) in [5, 5.41) is 11.1. The van der Waals surface area contributed by atoms with E-state index in [9.17, 15) is 19.5 Å². The third-order valence-corrected chi connectivity index (χ3v) is 6.27. The molecule has 8 nitrogen and oxygen atoms in total. The zero-order valence-electron chi connectivity index (χ0n) is 19.3. The number of morpholine rings is 1. The van der Waals surface area contributed by atoms with Crippen molar-refractivity contribution in [1.82, 2.24) is 9.80 Å². The van der Waals surface area contributed by atoms with Crippen LogP contribution in [0.1, 0.15) is 33.1 Å². The Balaban J connectivity index is 1.73. The Hall–Kier alpha value is -3.49. The summed E-state index contributed by atoms with van der Waals surface area (Å²) in [5.74, 6) is -2.06. The van der Waals surface area contributed by atoms with Gasteiger partial charge in [-0.05, 0) is 24.6 Å². The van der Waals surface area contributed by atoms with Gasteiger partial charge in [0.25, 0.3) is 11.7 Å². The maximum absolute atomic E-state index is 13.1. The summed E-state index contributed by atoms with van der Waals surface area (Å²) in [5.41, 5.74) is 2.50. The van der Waals surface area contributed by atoms with E-state index in [0.29, 0.717) is 43.0 Å². The molecule has 2 fully saturated rings. The molecule has 34 heavy (non-hydrogen) atoms. The summed E-state index contributed by atoms with van der Waals surface area (Å²) in [4.78, 5) is 41.8. The number of ketones is 1. The fraction of sp³-hybridized carbons (Fsp3) is 0.346. The molecule has 0 aliphatic carbocycles.